The van der Waals surface area contributed by atoms with Crippen molar-refractivity contribution in [3.8, 4) is 5.82 Å². The zero-order valence-corrected chi connectivity index (χ0v) is 10.7. The van der Waals surface area contributed by atoms with Gasteiger partial charge in [0, 0.05) is 6.20 Å². The van der Waals surface area contributed by atoms with Crippen LogP contribution in [0.4, 0.5) is 0 Å². The Hall–Kier alpha value is -2.28. The van der Waals surface area contributed by atoms with E-state index in [9.17, 15) is 0 Å². The van der Waals surface area contributed by atoms with E-state index in [1.807, 2.05) is 19.4 Å². The van der Waals surface area contributed by atoms with Crippen LogP contribution in [0.3, 0.4) is 0 Å². The molecular formula is C12H15N7. The number of nitrogens with zero attached hydrogens (tertiary/aromatic N) is 5. The van der Waals surface area contributed by atoms with Gasteiger partial charge in [0.25, 0.3) is 0 Å². The van der Waals surface area contributed by atoms with Gasteiger partial charge in [0.05, 0.1) is 12.5 Å². The van der Waals surface area contributed by atoms with Crippen LogP contribution in [0.2, 0.25) is 0 Å². The molecule has 0 amide bonds. The first-order chi connectivity index (χ1) is 9.38. The number of hydrogen-bond acceptors (Lipinski definition) is 5. The maximum absolute atomic E-state index is 4.35. The van der Waals surface area contributed by atoms with E-state index in [2.05, 4.69) is 30.4 Å². The zero-order valence-electron chi connectivity index (χ0n) is 10.7. The third kappa shape index (κ3) is 2.32. The lowest BCUT2D eigenvalue weighted by atomic mass is 10.2. The third-order valence-electron chi connectivity index (χ3n) is 2.95. The smallest absolute Gasteiger partial charge is 0.182 e. The number of hydrogen-bond donors (Lipinski definition) is 2. The molecule has 0 atom stereocenters. The summed E-state index contributed by atoms with van der Waals surface area (Å²) in [6.45, 7) is 1.00. The first-order valence-electron chi connectivity index (χ1n) is 6.21. The van der Waals surface area contributed by atoms with Crippen LogP contribution in [0.5, 0.6) is 0 Å². The van der Waals surface area contributed by atoms with Crippen LogP contribution in [-0.2, 0) is 6.42 Å². The van der Waals surface area contributed by atoms with Crippen molar-refractivity contribution in [2.45, 2.75) is 12.8 Å². The molecule has 0 aliphatic heterocycles. The van der Waals surface area contributed by atoms with E-state index in [1.165, 1.54) is 11.9 Å². The summed E-state index contributed by atoms with van der Waals surface area (Å²) in [6, 6.07) is 0. The summed E-state index contributed by atoms with van der Waals surface area (Å²) in [5.41, 5.74) is 2.64. The second-order valence-electron chi connectivity index (χ2n) is 4.30. The summed E-state index contributed by atoms with van der Waals surface area (Å²) in [4.78, 5) is 15.5. The molecule has 98 valence electrons. The first kappa shape index (κ1) is 11.8. The van der Waals surface area contributed by atoms with Crippen molar-refractivity contribution in [3.63, 3.8) is 0 Å². The lowest BCUT2D eigenvalue weighted by Gasteiger charge is -2.00. The Balaban J connectivity index is 1.88. The molecule has 3 aromatic heterocycles. The van der Waals surface area contributed by atoms with Gasteiger partial charge in [0.1, 0.15) is 11.8 Å². The molecule has 3 aromatic rings. The van der Waals surface area contributed by atoms with Gasteiger partial charge in [0.2, 0.25) is 0 Å². The fraction of sp³-hybridized carbons (Fsp3) is 0.333. The standard InChI is InChI=1S/C12H15N7/c1-13-4-2-3-9-5-18-19(6-9)12-10-11(15-7-14-10)16-8-17-12/h5-8,13H,2-4H2,1H3,(H,14,15,16,17). The monoisotopic (exact) mass is 257 g/mol. The fourth-order valence-electron chi connectivity index (χ4n) is 2.00. The number of fused-ring (bicyclic) bond motifs is 1. The summed E-state index contributed by atoms with van der Waals surface area (Å²) in [5, 5.41) is 7.49. The van der Waals surface area contributed by atoms with Crippen LogP contribution in [-0.4, -0.2) is 43.3 Å². The van der Waals surface area contributed by atoms with Crippen molar-refractivity contribution in [1.82, 2.24) is 35.0 Å². The number of rotatable bonds is 5. The van der Waals surface area contributed by atoms with E-state index in [0.29, 0.717) is 5.65 Å². The Bertz CT molecular complexity index is 669. The average Bonchev–Trinajstić information content (AvgIpc) is 3.07. The van der Waals surface area contributed by atoms with Crippen molar-refractivity contribution < 1.29 is 0 Å². The van der Waals surface area contributed by atoms with E-state index < -0.39 is 0 Å². The molecule has 0 spiro atoms. The molecule has 0 aliphatic rings. The van der Waals surface area contributed by atoms with Crippen molar-refractivity contribution in [2.24, 2.45) is 0 Å². The molecule has 0 aliphatic carbocycles. The maximum Gasteiger partial charge on any atom is 0.182 e. The SMILES string of the molecule is CNCCCc1cnn(-c2ncnc3nc[nH]c23)c1. The van der Waals surface area contributed by atoms with E-state index in [-0.39, 0.29) is 0 Å². The van der Waals surface area contributed by atoms with Crippen molar-refractivity contribution in [2.75, 3.05) is 13.6 Å². The number of imidazole rings is 1. The fourth-order valence-corrected chi connectivity index (χ4v) is 2.00. The van der Waals surface area contributed by atoms with Gasteiger partial charge in [0.15, 0.2) is 11.5 Å². The van der Waals surface area contributed by atoms with Crippen LogP contribution in [0.15, 0.2) is 25.0 Å². The molecular weight excluding hydrogens is 242 g/mol. The van der Waals surface area contributed by atoms with Gasteiger partial charge >= 0.3 is 0 Å². The molecule has 0 saturated heterocycles. The molecule has 3 rings (SSSR count). The van der Waals surface area contributed by atoms with Gasteiger partial charge in [-0.1, -0.05) is 0 Å². The van der Waals surface area contributed by atoms with E-state index in [1.54, 1.807) is 11.0 Å². The largest absolute Gasteiger partial charge is 0.340 e. The molecule has 0 unspecified atom stereocenters. The summed E-state index contributed by atoms with van der Waals surface area (Å²) < 4.78 is 1.76. The minimum absolute atomic E-state index is 0.650. The highest BCUT2D eigenvalue weighted by Gasteiger charge is 2.09. The predicted molar refractivity (Wildman–Crippen MR) is 71.1 cm³/mol. The van der Waals surface area contributed by atoms with Crippen LogP contribution in [0.1, 0.15) is 12.0 Å². The molecule has 7 heteroatoms. The quantitative estimate of drug-likeness (QED) is 0.657. The minimum atomic E-state index is 0.650. The summed E-state index contributed by atoms with van der Waals surface area (Å²) in [7, 11) is 1.96. The van der Waals surface area contributed by atoms with E-state index in [4.69, 9.17) is 0 Å². The minimum Gasteiger partial charge on any atom is -0.340 e. The van der Waals surface area contributed by atoms with Crippen molar-refractivity contribution in [3.05, 3.63) is 30.6 Å². The summed E-state index contributed by atoms with van der Waals surface area (Å²) >= 11 is 0. The highest BCUT2D eigenvalue weighted by Crippen LogP contribution is 2.14. The summed E-state index contributed by atoms with van der Waals surface area (Å²) in [6.07, 6.45) is 9.07. The number of nitrogens with one attached hydrogen (secondary N) is 2. The molecule has 19 heavy (non-hydrogen) atoms. The molecule has 2 N–H and O–H groups in total. The molecule has 0 fully saturated rings. The third-order valence-corrected chi connectivity index (χ3v) is 2.95. The molecule has 0 saturated carbocycles. The summed E-state index contributed by atoms with van der Waals surface area (Å²) in [5.74, 6) is 0.724. The Kier molecular flexibility index (Phi) is 3.20. The van der Waals surface area contributed by atoms with E-state index >= 15 is 0 Å². The highest BCUT2D eigenvalue weighted by atomic mass is 15.3. The molecule has 0 aromatic carbocycles. The first-order valence-corrected chi connectivity index (χ1v) is 6.21. The second kappa shape index (κ2) is 5.15. The maximum atomic E-state index is 4.35. The van der Waals surface area contributed by atoms with Gasteiger partial charge in [-0.2, -0.15) is 5.10 Å². The van der Waals surface area contributed by atoms with Crippen LogP contribution >= 0.6 is 0 Å². The Morgan fingerprint density at radius 3 is 3.16 bits per heavy atom. The van der Waals surface area contributed by atoms with Gasteiger partial charge in [-0.3, -0.25) is 0 Å². The normalized spacial score (nSPS) is 11.2. The Morgan fingerprint density at radius 2 is 2.26 bits per heavy atom. The lowest BCUT2D eigenvalue weighted by Crippen LogP contribution is -2.08. The Labute approximate surface area is 110 Å². The zero-order chi connectivity index (χ0) is 13.1. The second-order valence-corrected chi connectivity index (χ2v) is 4.30. The number of H-pyrrole nitrogens is 1. The molecule has 0 radical (unpaired) electrons. The van der Waals surface area contributed by atoms with E-state index in [0.717, 1.165) is 30.7 Å². The topological polar surface area (TPSA) is 84.3 Å². The highest BCUT2D eigenvalue weighted by molar-refractivity contribution is 5.77. The van der Waals surface area contributed by atoms with Crippen LogP contribution in [0.25, 0.3) is 17.0 Å². The lowest BCUT2D eigenvalue weighted by molar-refractivity contribution is 0.724. The van der Waals surface area contributed by atoms with Crippen LogP contribution < -0.4 is 5.32 Å². The number of aromatic nitrogens is 6. The molecule has 7 nitrogen and oxygen atoms in total. The van der Waals surface area contributed by atoms with Gasteiger partial charge in [-0.05, 0) is 32.0 Å². The molecule has 3 heterocycles. The Morgan fingerprint density at radius 1 is 1.32 bits per heavy atom. The predicted octanol–water partition coefficient (Wildman–Crippen LogP) is 0.691. The van der Waals surface area contributed by atoms with Gasteiger partial charge in [-0.15, -0.1) is 0 Å². The average molecular weight is 257 g/mol. The van der Waals surface area contributed by atoms with Gasteiger partial charge < -0.3 is 10.3 Å². The van der Waals surface area contributed by atoms with Gasteiger partial charge in [-0.25, -0.2) is 19.6 Å². The van der Waals surface area contributed by atoms with Crippen molar-refractivity contribution in [1.29, 1.82) is 0 Å². The number of aryl methyl sites for hydroxylation is 1. The molecule has 0 bridgehead atoms. The number of aromatic amines is 1. The van der Waals surface area contributed by atoms with Crippen molar-refractivity contribution >= 4 is 11.2 Å². The van der Waals surface area contributed by atoms with Crippen LogP contribution in [0, 0.1) is 0 Å².